The Balaban J connectivity index is 2.50. The second kappa shape index (κ2) is 5.69. The summed E-state index contributed by atoms with van der Waals surface area (Å²) in [7, 11) is 0. The van der Waals surface area contributed by atoms with Crippen LogP contribution in [0.15, 0.2) is 35.1 Å². The maximum absolute atomic E-state index is 12.7. The molecule has 1 aromatic heterocycles. The van der Waals surface area contributed by atoms with Crippen LogP contribution in [0.4, 0.5) is 0 Å². The van der Waals surface area contributed by atoms with Crippen LogP contribution in [0.3, 0.4) is 0 Å². The monoisotopic (exact) mass is 288 g/mol. The molecule has 5 heteroatoms. The highest BCUT2D eigenvalue weighted by molar-refractivity contribution is 6.05. The summed E-state index contributed by atoms with van der Waals surface area (Å²) in [5, 5.41) is 10.6. The Kier molecular flexibility index (Phi) is 4.14. The lowest BCUT2D eigenvalue weighted by Gasteiger charge is -2.28. The van der Waals surface area contributed by atoms with Crippen molar-refractivity contribution >= 4 is 16.8 Å². The van der Waals surface area contributed by atoms with Gasteiger partial charge in [-0.1, -0.05) is 18.2 Å². The molecule has 0 aliphatic rings. The summed E-state index contributed by atoms with van der Waals surface area (Å²) in [6.07, 6.45) is 0. The smallest absolute Gasteiger partial charge is 0.254 e. The number of para-hydroxylation sites is 1. The number of fused-ring (bicyclic) bond motifs is 1. The molecule has 0 aliphatic heterocycles. The molecule has 21 heavy (non-hydrogen) atoms. The molecule has 2 aromatic rings. The molecule has 0 aliphatic carbocycles. The average molecular weight is 288 g/mol. The van der Waals surface area contributed by atoms with E-state index in [1.165, 1.54) is 6.07 Å². The Bertz CT molecular complexity index is 713. The number of aromatic amines is 1. The van der Waals surface area contributed by atoms with Gasteiger partial charge in [0.2, 0.25) is 5.56 Å². The number of carbonyl (C=O) groups excluding carboxylic acids is 1. The molecule has 1 heterocycles. The van der Waals surface area contributed by atoms with Gasteiger partial charge in [0.15, 0.2) is 0 Å². The van der Waals surface area contributed by atoms with E-state index < -0.39 is 5.60 Å². The minimum absolute atomic E-state index is 0.212. The Morgan fingerprint density at radius 2 is 2.00 bits per heavy atom. The number of nitrogens with one attached hydrogen (secondary N) is 1. The standard InChI is InChI=1S/C16H20N2O3/c1-4-18(10-16(2,3)21)15(20)12-9-14(19)17-13-8-6-5-7-11(12)13/h5-9,21H,4,10H2,1-3H3,(H,17,19). The summed E-state index contributed by atoms with van der Waals surface area (Å²) < 4.78 is 0. The van der Waals surface area contributed by atoms with Crippen molar-refractivity contribution in [2.45, 2.75) is 26.4 Å². The maximum Gasteiger partial charge on any atom is 0.254 e. The number of pyridine rings is 1. The first-order valence-corrected chi connectivity index (χ1v) is 6.95. The van der Waals surface area contributed by atoms with Gasteiger partial charge in [0.1, 0.15) is 0 Å². The van der Waals surface area contributed by atoms with E-state index in [-0.39, 0.29) is 18.0 Å². The maximum atomic E-state index is 12.7. The van der Waals surface area contributed by atoms with Crippen molar-refractivity contribution in [2.24, 2.45) is 0 Å². The third-order valence-electron chi connectivity index (χ3n) is 3.23. The highest BCUT2D eigenvalue weighted by Crippen LogP contribution is 2.17. The van der Waals surface area contributed by atoms with Crippen molar-refractivity contribution in [3.63, 3.8) is 0 Å². The lowest BCUT2D eigenvalue weighted by atomic mass is 10.1. The number of likely N-dealkylation sites (N-methyl/N-ethyl adjacent to an activating group) is 1. The van der Waals surface area contributed by atoms with Crippen LogP contribution in [-0.4, -0.2) is 39.6 Å². The minimum Gasteiger partial charge on any atom is -0.389 e. The lowest BCUT2D eigenvalue weighted by molar-refractivity contribution is 0.0315. The second-order valence-electron chi connectivity index (χ2n) is 5.72. The van der Waals surface area contributed by atoms with Crippen LogP contribution in [-0.2, 0) is 0 Å². The number of hydrogen-bond donors (Lipinski definition) is 2. The number of aliphatic hydroxyl groups is 1. The zero-order valence-corrected chi connectivity index (χ0v) is 12.5. The number of benzene rings is 1. The number of nitrogens with zero attached hydrogens (tertiary/aromatic N) is 1. The van der Waals surface area contributed by atoms with Gasteiger partial charge >= 0.3 is 0 Å². The molecule has 0 spiro atoms. The molecule has 5 nitrogen and oxygen atoms in total. The fraction of sp³-hybridized carbons (Fsp3) is 0.375. The van der Waals surface area contributed by atoms with Crippen LogP contribution in [0.1, 0.15) is 31.1 Å². The molecule has 2 N–H and O–H groups in total. The van der Waals surface area contributed by atoms with Gasteiger partial charge in [-0.3, -0.25) is 9.59 Å². The Hall–Kier alpha value is -2.14. The largest absolute Gasteiger partial charge is 0.389 e. The predicted octanol–water partition coefficient (Wildman–Crippen LogP) is 1.76. The van der Waals surface area contributed by atoms with Crippen LogP contribution in [0.25, 0.3) is 10.9 Å². The van der Waals surface area contributed by atoms with Gasteiger partial charge in [-0.15, -0.1) is 0 Å². The Morgan fingerprint density at radius 1 is 1.33 bits per heavy atom. The van der Waals surface area contributed by atoms with E-state index in [0.717, 1.165) is 0 Å². The van der Waals surface area contributed by atoms with Crippen LogP contribution in [0, 0.1) is 0 Å². The van der Waals surface area contributed by atoms with Gasteiger partial charge in [0.25, 0.3) is 5.91 Å². The first kappa shape index (κ1) is 15.3. The van der Waals surface area contributed by atoms with Gasteiger partial charge in [-0.2, -0.15) is 0 Å². The Labute approximate surface area is 123 Å². The molecule has 0 unspecified atom stereocenters. The summed E-state index contributed by atoms with van der Waals surface area (Å²) in [4.78, 5) is 28.7. The normalized spacial score (nSPS) is 11.6. The number of rotatable bonds is 4. The van der Waals surface area contributed by atoms with E-state index >= 15 is 0 Å². The lowest BCUT2D eigenvalue weighted by Crippen LogP contribution is -2.42. The molecule has 0 bridgehead atoms. The summed E-state index contributed by atoms with van der Waals surface area (Å²) in [6.45, 7) is 5.82. The van der Waals surface area contributed by atoms with Crippen LogP contribution in [0.5, 0.6) is 0 Å². The fourth-order valence-electron chi connectivity index (χ4n) is 2.35. The van der Waals surface area contributed by atoms with E-state index in [2.05, 4.69) is 4.98 Å². The first-order valence-electron chi connectivity index (χ1n) is 6.95. The second-order valence-corrected chi connectivity index (χ2v) is 5.72. The fourth-order valence-corrected chi connectivity index (χ4v) is 2.35. The van der Waals surface area contributed by atoms with Crippen molar-refractivity contribution in [2.75, 3.05) is 13.1 Å². The molecule has 0 fully saturated rings. The minimum atomic E-state index is -0.983. The zero-order chi connectivity index (χ0) is 15.6. The summed E-state index contributed by atoms with van der Waals surface area (Å²) in [5.41, 5.74) is -0.299. The zero-order valence-electron chi connectivity index (χ0n) is 12.5. The highest BCUT2D eigenvalue weighted by atomic mass is 16.3. The summed E-state index contributed by atoms with van der Waals surface area (Å²) in [6, 6.07) is 8.51. The molecule has 0 atom stereocenters. The van der Waals surface area contributed by atoms with E-state index in [9.17, 15) is 14.7 Å². The number of amides is 1. The van der Waals surface area contributed by atoms with E-state index in [4.69, 9.17) is 0 Å². The van der Waals surface area contributed by atoms with Crippen molar-refractivity contribution in [1.29, 1.82) is 0 Å². The molecule has 2 rings (SSSR count). The van der Waals surface area contributed by atoms with E-state index in [1.54, 1.807) is 36.9 Å². The van der Waals surface area contributed by atoms with Gasteiger partial charge in [0.05, 0.1) is 11.2 Å². The van der Waals surface area contributed by atoms with Gasteiger partial charge in [0, 0.05) is 30.1 Å². The molecule has 0 radical (unpaired) electrons. The van der Waals surface area contributed by atoms with Crippen LogP contribution >= 0.6 is 0 Å². The molecular weight excluding hydrogens is 268 g/mol. The molecule has 112 valence electrons. The molecule has 1 aromatic carbocycles. The van der Waals surface area contributed by atoms with Crippen molar-refractivity contribution in [3.05, 3.63) is 46.2 Å². The number of aromatic nitrogens is 1. The van der Waals surface area contributed by atoms with Crippen LogP contribution in [0.2, 0.25) is 0 Å². The first-order chi connectivity index (χ1) is 9.81. The van der Waals surface area contributed by atoms with Crippen LogP contribution < -0.4 is 5.56 Å². The summed E-state index contributed by atoms with van der Waals surface area (Å²) >= 11 is 0. The topological polar surface area (TPSA) is 73.4 Å². The molecule has 1 amide bonds. The van der Waals surface area contributed by atoms with E-state index in [0.29, 0.717) is 23.0 Å². The average Bonchev–Trinajstić information content (AvgIpc) is 2.42. The molecule has 0 saturated heterocycles. The Morgan fingerprint density at radius 3 is 2.62 bits per heavy atom. The van der Waals surface area contributed by atoms with Gasteiger partial charge in [-0.05, 0) is 26.8 Å². The van der Waals surface area contributed by atoms with Crippen molar-refractivity contribution < 1.29 is 9.90 Å². The van der Waals surface area contributed by atoms with Gasteiger partial charge < -0.3 is 15.0 Å². The van der Waals surface area contributed by atoms with Gasteiger partial charge in [-0.25, -0.2) is 0 Å². The molecule has 0 saturated carbocycles. The number of H-pyrrole nitrogens is 1. The predicted molar refractivity (Wildman–Crippen MR) is 82.4 cm³/mol. The third kappa shape index (κ3) is 3.49. The van der Waals surface area contributed by atoms with Crippen molar-refractivity contribution in [1.82, 2.24) is 9.88 Å². The summed E-state index contributed by atoms with van der Waals surface area (Å²) in [5.74, 6) is -0.248. The SMILES string of the molecule is CCN(CC(C)(C)O)C(=O)c1cc(=O)[nH]c2ccccc12. The number of hydrogen-bond acceptors (Lipinski definition) is 3. The molecular formula is C16H20N2O3. The quantitative estimate of drug-likeness (QED) is 0.900. The third-order valence-corrected chi connectivity index (χ3v) is 3.23. The highest BCUT2D eigenvalue weighted by Gasteiger charge is 2.23. The van der Waals surface area contributed by atoms with E-state index in [1.807, 2.05) is 13.0 Å². The number of carbonyl (C=O) groups is 1. The van der Waals surface area contributed by atoms with Crippen molar-refractivity contribution in [3.8, 4) is 0 Å².